The largest absolute Gasteiger partial charge is 0.493 e. The summed E-state index contributed by atoms with van der Waals surface area (Å²) in [6.07, 6.45) is 1.67. The Kier molecular flexibility index (Phi) is 3.77. The third kappa shape index (κ3) is 2.30. The summed E-state index contributed by atoms with van der Waals surface area (Å²) in [7, 11) is 1.61. The van der Waals surface area contributed by atoms with E-state index in [0.29, 0.717) is 16.2 Å². The summed E-state index contributed by atoms with van der Waals surface area (Å²) in [6.45, 7) is 4.08. The number of rotatable bonds is 4. The molecule has 0 amide bonds. The molecule has 0 fully saturated rings. The molecular weight excluding hydrogens is 298 g/mol. The highest BCUT2D eigenvalue weighted by Crippen LogP contribution is 2.31. The van der Waals surface area contributed by atoms with E-state index in [0.717, 1.165) is 5.69 Å². The fourth-order valence-electron chi connectivity index (χ4n) is 1.85. The van der Waals surface area contributed by atoms with Gasteiger partial charge < -0.3 is 14.9 Å². The van der Waals surface area contributed by atoms with Crippen molar-refractivity contribution >= 4 is 15.9 Å². The van der Waals surface area contributed by atoms with Gasteiger partial charge in [-0.2, -0.15) is 5.10 Å². The maximum Gasteiger partial charge on any atom is 0.169 e. The van der Waals surface area contributed by atoms with Crippen molar-refractivity contribution in [1.29, 1.82) is 0 Å². The minimum atomic E-state index is -0.406. The van der Waals surface area contributed by atoms with Crippen LogP contribution < -0.4 is 10.5 Å². The topological polar surface area (TPSA) is 66.2 Å². The number of methoxy groups -OCH3 is 1. The molecule has 0 bridgehead atoms. The normalized spacial score (nSPS) is 13.0. The van der Waals surface area contributed by atoms with Crippen LogP contribution in [0.1, 0.15) is 37.4 Å². The second kappa shape index (κ2) is 5.16. The van der Waals surface area contributed by atoms with Crippen molar-refractivity contribution in [3.05, 3.63) is 34.5 Å². The molecule has 2 aromatic rings. The lowest BCUT2D eigenvalue weighted by Crippen LogP contribution is -2.19. The van der Waals surface area contributed by atoms with E-state index < -0.39 is 6.04 Å². The average molecular weight is 314 g/mol. The van der Waals surface area contributed by atoms with Crippen LogP contribution in [0.3, 0.4) is 0 Å². The van der Waals surface area contributed by atoms with Gasteiger partial charge in [0, 0.05) is 6.04 Å². The molecule has 0 aromatic carbocycles. The molecular formula is C12H16BrN3O2. The molecule has 0 aliphatic rings. The van der Waals surface area contributed by atoms with Crippen LogP contribution in [0.2, 0.25) is 0 Å². The quantitative estimate of drug-likeness (QED) is 0.942. The Balaban J connectivity index is 2.45. The first-order valence-corrected chi connectivity index (χ1v) is 6.46. The number of nitrogens with zero attached hydrogens (tertiary/aromatic N) is 2. The smallest absolute Gasteiger partial charge is 0.169 e. The number of hydrogen-bond donors (Lipinski definition) is 1. The molecule has 0 aliphatic heterocycles. The first kappa shape index (κ1) is 13.2. The zero-order chi connectivity index (χ0) is 13.3. The van der Waals surface area contributed by atoms with Gasteiger partial charge >= 0.3 is 0 Å². The number of furan rings is 1. The van der Waals surface area contributed by atoms with Gasteiger partial charge in [0.15, 0.2) is 10.4 Å². The van der Waals surface area contributed by atoms with Crippen LogP contribution >= 0.6 is 15.9 Å². The number of hydrogen-bond acceptors (Lipinski definition) is 4. The van der Waals surface area contributed by atoms with Gasteiger partial charge in [-0.1, -0.05) is 0 Å². The Bertz CT molecular complexity index is 533. The SMILES string of the molecule is COc1cnn(C(C)C)c1C(N)c1ccc(Br)o1. The van der Waals surface area contributed by atoms with Crippen LogP contribution in [0.4, 0.5) is 0 Å². The van der Waals surface area contributed by atoms with E-state index in [1.165, 1.54) is 0 Å². The molecule has 2 aromatic heterocycles. The molecule has 2 rings (SSSR count). The van der Waals surface area contributed by atoms with Crippen LogP contribution in [0, 0.1) is 0 Å². The minimum absolute atomic E-state index is 0.202. The van der Waals surface area contributed by atoms with Gasteiger partial charge in [0.05, 0.1) is 13.3 Å². The molecule has 0 radical (unpaired) electrons. The fourth-order valence-corrected chi connectivity index (χ4v) is 2.17. The highest BCUT2D eigenvalue weighted by Gasteiger charge is 2.23. The van der Waals surface area contributed by atoms with Crippen molar-refractivity contribution in [3.8, 4) is 5.75 Å². The summed E-state index contributed by atoms with van der Waals surface area (Å²) in [5.41, 5.74) is 7.05. The number of aromatic nitrogens is 2. The summed E-state index contributed by atoms with van der Waals surface area (Å²) < 4.78 is 13.3. The Morgan fingerprint density at radius 1 is 1.44 bits per heavy atom. The number of ether oxygens (including phenoxy) is 1. The third-order valence-corrected chi connectivity index (χ3v) is 3.13. The zero-order valence-corrected chi connectivity index (χ0v) is 12.1. The number of halogens is 1. The zero-order valence-electron chi connectivity index (χ0n) is 10.6. The summed E-state index contributed by atoms with van der Waals surface area (Å²) in [6, 6.07) is 3.45. The molecule has 2 heterocycles. The summed E-state index contributed by atoms with van der Waals surface area (Å²) in [5, 5.41) is 4.30. The molecule has 0 aliphatic carbocycles. The van der Waals surface area contributed by atoms with Crippen molar-refractivity contribution in [2.75, 3.05) is 7.11 Å². The lowest BCUT2D eigenvalue weighted by Gasteiger charge is -2.16. The fraction of sp³-hybridized carbons (Fsp3) is 0.417. The Hall–Kier alpha value is -1.27. The standard InChI is InChI=1S/C12H16BrN3O2/c1-7(2)16-12(9(17-3)6-15-16)11(14)8-4-5-10(13)18-8/h4-7,11H,14H2,1-3H3. The van der Waals surface area contributed by atoms with Gasteiger partial charge in [0.25, 0.3) is 0 Å². The van der Waals surface area contributed by atoms with E-state index in [9.17, 15) is 0 Å². The first-order valence-electron chi connectivity index (χ1n) is 5.66. The van der Waals surface area contributed by atoms with Gasteiger partial charge in [-0.05, 0) is 41.9 Å². The second-order valence-electron chi connectivity index (χ2n) is 4.26. The molecule has 0 spiro atoms. The number of nitrogens with two attached hydrogens (primary N) is 1. The molecule has 0 saturated heterocycles. The van der Waals surface area contributed by atoms with Crippen LogP contribution in [0.15, 0.2) is 27.4 Å². The predicted molar refractivity (Wildman–Crippen MR) is 71.6 cm³/mol. The molecule has 6 heteroatoms. The first-order chi connectivity index (χ1) is 8.54. The second-order valence-corrected chi connectivity index (χ2v) is 5.04. The van der Waals surface area contributed by atoms with E-state index in [-0.39, 0.29) is 6.04 Å². The lowest BCUT2D eigenvalue weighted by atomic mass is 10.1. The van der Waals surface area contributed by atoms with Crippen molar-refractivity contribution in [1.82, 2.24) is 9.78 Å². The maximum atomic E-state index is 6.23. The molecule has 1 unspecified atom stereocenters. The van der Waals surface area contributed by atoms with Crippen LogP contribution in [0.25, 0.3) is 0 Å². The van der Waals surface area contributed by atoms with Crippen molar-refractivity contribution in [2.24, 2.45) is 5.73 Å². The minimum Gasteiger partial charge on any atom is -0.493 e. The van der Waals surface area contributed by atoms with E-state index in [1.54, 1.807) is 13.3 Å². The molecule has 0 saturated carbocycles. The van der Waals surface area contributed by atoms with Crippen molar-refractivity contribution < 1.29 is 9.15 Å². The van der Waals surface area contributed by atoms with Crippen molar-refractivity contribution in [2.45, 2.75) is 25.9 Å². The maximum absolute atomic E-state index is 6.23. The van der Waals surface area contributed by atoms with E-state index >= 15 is 0 Å². The monoisotopic (exact) mass is 313 g/mol. The van der Waals surface area contributed by atoms with Gasteiger partial charge in [-0.3, -0.25) is 4.68 Å². The average Bonchev–Trinajstić information content (AvgIpc) is 2.93. The van der Waals surface area contributed by atoms with Gasteiger partial charge in [-0.15, -0.1) is 0 Å². The highest BCUT2D eigenvalue weighted by atomic mass is 79.9. The van der Waals surface area contributed by atoms with E-state index in [2.05, 4.69) is 21.0 Å². The third-order valence-electron chi connectivity index (χ3n) is 2.70. The van der Waals surface area contributed by atoms with Crippen molar-refractivity contribution in [3.63, 3.8) is 0 Å². The van der Waals surface area contributed by atoms with Gasteiger partial charge in [-0.25, -0.2) is 0 Å². The highest BCUT2D eigenvalue weighted by molar-refractivity contribution is 9.10. The van der Waals surface area contributed by atoms with E-state index in [4.69, 9.17) is 14.9 Å². The molecule has 98 valence electrons. The molecule has 5 nitrogen and oxygen atoms in total. The van der Waals surface area contributed by atoms with Crippen LogP contribution in [-0.4, -0.2) is 16.9 Å². The molecule has 18 heavy (non-hydrogen) atoms. The molecule has 1 atom stereocenters. The van der Waals surface area contributed by atoms with E-state index in [1.807, 2.05) is 30.7 Å². The Morgan fingerprint density at radius 2 is 2.17 bits per heavy atom. The Morgan fingerprint density at radius 3 is 2.67 bits per heavy atom. The van der Waals surface area contributed by atoms with Gasteiger partial charge in [0.1, 0.15) is 17.5 Å². The predicted octanol–water partition coefficient (Wildman–Crippen LogP) is 2.88. The summed E-state index contributed by atoms with van der Waals surface area (Å²) >= 11 is 3.27. The lowest BCUT2D eigenvalue weighted by molar-refractivity contribution is 0.390. The van der Waals surface area contributed by atoms with Crippen LogP contribution in [0.5, 0.6) is 5.75 Å². The summed E-state index contributed by atoms with van der Waals surface area (Å²) in [5.74, 6) is 1.34. The van der Waals surface area contributed by atoms with Crippen LogP contribution in [-0.2, 0) is 0 Å². The summed E-state index contributed by atoms with van der Waals surface area (Å²) in [4.78, 5) is 0. The van der Waals surface area contributed by atoms with Gasteiger partial charge in [0.2, 0.25) is 0 Å². The Labute approximate surface area is 114 Å². The molecule has 2 N–H and O–H groups in total.